The van der Waals surface area contributed by atoms with E-state index in [-0.39, 0.29) is 5.91 Å². The molecule has 0 aliphatic carbocycles. The highest BCUT2D eigenvalue weighted by molar-refractivity contribution is 5.78. The SMILES string of the molecule is CCNC(=O)CN(C)Cc1nc2ccc(N)cc2o1. The lowest BCUT2D eigenvalue weighted by Crippen LogP contribution is -2.34. The summed E-state index contributed by atoms with van der Waals surface area (Å²) in [6.07, 6.45) is 0. The molecule has 102 valence electrons. The zero-order valence-corrected chi connectivity index (χ0v) is 11.1. The first kappa shape index (κ1) is 13.4. The van der Waals surface area contributed by atoms with Gasteiger partial charge in [0.2, 0.25) is 11.8 Å². The molecule has 6 heteroatoms. The molecule has 0 radical (unpaired) electrons. The van der Waals surface area contributed by atoms with E-state index >= 15 is 0 Å². The highest BCUT2D eigenvalue weighted by Crippen LogP contribution is 2.18. The second kappa shape index (κ2) is 5.71. The molecule has 0 spiro atoms. The molecule has 0 saturated heterocycles. The third-order valence-corrected chi connectivity index (χ3v) is 2.65. The van der Waals surface area contributed by atoms with E-state index in [1.807, 2.05) is 24.9 Å². The standard InChI is InChI=1S/C13H18N4O2/c1-3-15-12(18)7-17(2)8-13-16-10-5-4-9(14)6-11(10)19-13/h4-6H,3,7-8,14H2,1-2H3,(H,15,18). The lowest BCUT2D eigenvalue weighted by Gasteiger charge is -2.13. The van der Waals surface area contributed by atoms with Crippen molar-refractivity contribution in [2.75, 3.05) is 25.9 Å². The van der Waals surface area contributed by atoms with Gasteiger partial charge in [0.05, 0.1) is 13.1 Å². The van der Waals surface area contributed by atoms with Crippen molar-refractivity contribution in [3.8, 4) is 0 Å². The molecule has 0 atom stereocenters. The van der Waals surface area contributed by atoms with Crippen LogP contribution in [0.3, 0.4) is 0 Å². The number of carbonyl (C=O) groups is 1. The third kappa shape index (κ3) is 3.45. The normalized spacial score (nSPS) is 11.1. The number of anilines is 1. The average Bonchev–Trinajstić information content (AvgIpc) is 2.70. The minimum absolute atomic E-state index is 0.00893. The highest BCUT2D eigenvalue weighted by atomic mass is 16.3. The number of nitrogens with zero attached hydrogens (tertiary/aromatic N) is 2. The van der Waals surface area contributed by atoms with Crippen molar-refractivity contribution in [1.29, 1.82) is 0 Å². The lowest BCUT2D eigenvalue weighted by atomic mass is 10.3. The van der Waals surface area contributed by atoms with Crippen LogP contribution in [0.4, 0.5) is 5.69 Å². The highest BCUT2D eigenvalue weighted by Gasteiger charge is 2.11. The molecule has 3 N–H and O–H groups in total. The van der Waals surface area contributed by atoms with Crippen LogP contribution in [0.5, 0.6) is 0 Å². The third-order valence-electron chi connectivity index (χ3n) is 2.65. The topological polar surface area (TPSA) is 84.4 Å². The summed E-state index contributed by atoms with van der Waals surface area (Å²) in [5.41, 5.74) is 7.77. The number of nitrogens with one attached hydrogen (secondary N) is 1. The van der Waals surface area contributed by atoms with Crippen molar-refractivity contribution >= 4 is 22.7 Å². The summed E-state index contributed by atoms with van der Waals surface area (Å²) in [6, 6.07) is 5.35. The van der Waals surface area contributed by atoms with Gasteiger partial charge in [-0.2, -0.15) is 0 Å². The van der Waals surface area contributed by atoms with Crippen LogP contribution in [0.15, 0.2) is 22.6 Å². The van der Waals surface area contributed by atoms with Crippen LogP contribution in [-0.4, -0.2) is 35.9 Å². The number of amides is 1. The van der Waals surface area contributed by atoms with E-state index in [4.69, 9.17) is 10.2 Å². The van der Waals surface area contributed by atoms with Crippen molar-refractivity contribution in [3.05, 3.63) is 24.1 Å². The van der Waals surface area contributed by atoms with Gasteiger partial charge in [0.1, 0.15) is 5.52 Å². The van der Waals surface area contributed by atoms with E-state index < -0.39 is 0 Å². The molecular weight excluding hydrogens is 244 g/mol. The molecule has 1 aromatic carbocycles. The Morgan fingerprint density at radius 2 is 2.32 bits per heavy atom. The minimum atomic E-state index is -0.00893. The average molecular weight is 262 g/mol. The monoisotopic (exact) mass is 262 g/mol. The van der Waals surface area contributed by atoms with Crippen LogP contribution in [0.1, 0.15) is 12.8 Å². The molecule has 1 heterocycles. The summed E-state index contributed by atoms with van der Waals surface area (Å²) in [5.74, 6) is 0.567. The summed E-state index contributed by atoms with van der Waals surface area (Å²) in [4.78, 5) is 17.6. The molecule has 2 rings (SSSR count). The van der Waals surface area contributed by atoms with E-state index in [0.29, 0.717) is 36.8 Å². The summed E-state index contributed by atoms with van der Waals surface area (Å²) in [5, 5.41) is 2.75. The van der Waals surface area contributed by atoms with Crippen LogP contribution in [0.2, 0.25) is 0 Å². The molecule has 0 aliphatic heterocycles. The Bertz CT molecular complexity index is 579. The van der Waals surface area contributed by atoms with E-state index in [9.17, 15) is 4.79 Å². The van der Waals surface area contributed by atoms with E-state index in [1.54, 1.807) is 12.1 Å². The smallest absolute Gasteiger partial charge is 0.234 e. The largest absolute Gasteiger partial charge is 0.439 e. The van der Waals surface area contributed by atoms with Crippen LogP contribution in [-0.2, 0) is 11.3 Å². The lowest BCUT2D eigenvalue weighted by molar-refractivity contribution is -0.122. The maximum Gasteiger partial charge on any atom is 0.234 e. The van der Waals surface area contributed by atoms with Crippen LogP contribution in [0, 0.1) is 0 Å². The van der Waals surface area contributed by atoms with E-state index in [0.717, 1.165) is 5.52 Å². The zero-order valence-electron chi connectivity index (χ0n) is 11.1. The number of carbonyl (C=O) groups excluding carboxylic acids is 1. The summed E-state index contributed by atoms with van der Waals surface area (Å²) in [6.45, 7) is 3.32. The number of nitrogen functional groups attached to an aromatic ring is 1. The predicted octanol–water partition coefficient (Wildman–Crippen LogP) is 0.978. The molecule has 1 aromatic heterocycles. The van der Waals surface area contributed by atoms with Crippen molar-refractivity contribution in [2.24, 2.45) is 0 Å². The molecule has 0 fully saturated rings. The van der Waals surface area contributed by atoms with Gasteiger partial charge < -0.3 is 15.5 Å². The van der Waals surface area contributed by atoms with Gasteiger partial charge in [0, 0.05) is 18.3 Å². The Hall–Kier alpha value is -2.08. The van der Waals surface area contributed by atoms with Gasteiger partial charge in [-0.15, -0.1) is 0 Å². The first-order valence-electron chi connectivity index (χ1n) is 6.18. The van der Waals surface area contributed by atoms with Crippen molar-refractivity contribution in [3.63, 3.8) is 0 Å². The first-order valence-corrected chi connectivity index (χ1v) is 6.18. The maximum atomic E-state index is 11.4. The fraction of sp³-hybridized carbons (Fsp3) is 0.385. The zero-order chi connectivity index (χ0) is 13.8. The Balaban J connectivity index is 2.02. The number of hydrogen-bond acceptors (Lipinski definition) is 5. The molecule has 0 saturated carbocycles. The molecule has 0 aliphatic rings. The Morgan fingerprint density at radius 3 is 3.05 bits per heavy atom. The van der Waals surface area contributed by atoms with Crippen molar-refractivity contribution in [1.82, 2.24) is 15.2 Å². The van der Waals surface area contributed by atoms with Gasteiger partial charge in [-0.1, -0.05) is 0 Å². The Morgan fingerprint density at radius 1 is 1.53 bits per heavy atom. The van der Waals surface area contributed by atoms with Crippen molar-refractivity contribution in [2.45, 2.75) is 13.5 Å². The van der Waals surface area contributed by atoms with Gasteiger partial charge in [0.15, 0.2) is 5.58 Å². The first-order chi connectivity index (χ1) is 9.08. The summed E-state index contributed by atoms with van der Waals surface area (Å²) < 4.78 is 5.60. The number of likely N-dealkylation sites (N-methyl/N-ethyl adjacent to an activating group) is 2. The number of nitrogens with two attached hydrogens (primary N) is 1. The second-order valence-electron chi connectivity index (χ2n) is 4.46. The van der Waals surface area contributed by atoms with Gasteiger partial charge in [-0.3, -0.25) is 9.69 Å². The van der Waals surface area contributed by atoms with Crippen LogP contribution in [0.25, 0.3) is 11.1 Å². The maximum absolute atomic E-state index is 11.4. The number of aromatic nitrogens is 1. The van der Waals surface area contributed by atoms with E-state index in [1.165, 1.54) is 0 Å². The van der Waals surface area contributed by atoms with E-state index in [2.05, 4.69) is 10.3 Å². The Kier molecular flexibility index (Phi) is 4.01. The van der Waals surface area contributed by atoms with Gasteiger partial charge in [0.25, 0.3) is 0 Å². The summed E-state index contributed by atoms with van der Waals surface area (Å²) >= 11 is 0. The minimum Gasteiger partial charge on any atom is -0.439 e. The molecule has 1 amide bonds. The fourth-order valence-corrected chi connectivity index (χ4v) is 1.84. The number of oxazole rings is 1. The summed E-state index contributed by atoms with van der Waals surface area (Å²) in [7, 11) is 1.85. The Labute approximate surface area is 111 Å². The molecular formula is C13H18N4O2. The van der Waals surface area contributed by atoms with Gasteiger partial charge in [-0.05, 0) is 26.1 Å². The molecule has 6 nitrogen and oxygen atoms in total. The fourth-order valence-electron chi connectivity index (χ4n) is 1.84. The number of fused-ring (bicyclic) bond motifs is 1. The molecule has 0 bridgehead atoms. The van der Waals surface area contributed by atoms with Crippen LogP contribution < -0.4 is 11.1 Å². The van der Waals surface area contributed by atoms with Crippen LogP contribution >= 0.6 is 0 Å². The van der Waals surface area contributed by atoms with Gasteiger partial charge in [-0.25, -0.2) is 4.98 Å². The second-order valence-corrected chi connectivity index (χ2v) is 4.46. The molecule has 0 unspecified atom stereocenters. The number of rotatable bonds is 5. The predicted molar refractivity (Wildman–Crippen MR) is 73.4 cm³/mol. The van der Waals surface area contributed by atoms with Crippen molar-refractivity contribution < 1.29 is 9.21 Å². The number of hydrogen-bond donors (Lipinski definition) is 2. The quantitative estimate of drug-likeness (QED) is 0.785. The molecule has 2 aromatic rings. The molecule has 19 heavy (non-hydrogen) atoms. The van der Waals surface area contributed by atoms with Gasteiger partial charge >= 0.3 is 0 Å². The number of benzene rings is 1.